The Labute approximate surface area is 203 Å². The summed E-state index contributed by atoms with van der Waals surface area (Å²) >= 11 is 0. The van der Waals surface area contributed by atoms with Gasteiger partial charge < -0.3 is 14.6 Å². The molecule has 7 nitrogen and oxygen atoms in total. The Morgan fingerprint density at radius 3 is 2.83 bits per heavy atom. The summed E-state index contributed by atoms with van der Waals surface area (Å²) in [6, 6.07) is 15.2. The highest BCUT2D eigenvalue weighted by atomic mass is 19.1. The Morgan fingerprint density at radius 1 is 1.14 bits per heavy atom. The minimum absolute atomic E-state index is 0.0236. The fraction of sp³-hybridized carbons (Fsp3) is 0.296. The Morgan fingerprint density at radius 2 is 2.00 bits per heavy atom. The Balaban J connectivity index is 1.32. The molecule has 35 heavy (non-hydrogen) atoms. The van der Waals surface area contributed by atoms with E-state index in [0.29, 0.717) is 12.5 Å². The lowest BCUT2D eigenvalue weighted by atomic mass is 10.1. The van der Waals surface area contributed by atoms with Crippen LogP contribution in [0.3, 0.4) is 0 Å². The number of aliphatic hydroxyl groups is 1. The van der Waals surface area contributed by atoms with Crippen LogP contribution in [0.2, 0.25) is 0 Å². The Bertz CT molecular complexity index is 1400. The zero-order chi connectivity index (χ0) is 23.9. The summed E-state index contributed by atoms with van der Waals surface area (Å²) in [6.45, 7) is 5.30. The molecule has 0 spiro atoms. The van der Waals surface area contributed by atoms with E-state index in [-0.39, 0.29) is 12.4 Å². The third kappa shape index (κ3) is 4.04. The molecule has 2 aromatic carbocycles. The largest absolute Gasteiger partial charge is 0.390 e. The minimum atomic E-state index is -0.241. The van der Waals surface area contributed by atoms with Gasteiger partial charge in [-0.1, -0.05) is 12.1 Å². The van der Waals surface area contributed by atoms with Crippen LogP contribution >= 0.6 is 0 Å². The molecule has 178 valence electrons. The number of fused-ring (bicyclic) bond motifs is 5. The van der Waals surface area contributed by atoms with Gasteiger partial charge in [-0.25, -0.2) is 14.1 Å². The van der Waals surface area contributed by atoms with E-state index in [9.17, 15) is 9.50 Å². The number of hydrogen-bond donors (Lipinski definition) is 1. The summed E-state index contributed by atoms with van der Waals surface area (Å²) in [7, 11) is 0. The maximum Gasteiger partial charge on any atom is 0.179 e. The third-order valence-corrected chi connectivity index (χ3v) is 6.98. The van der Waals surface area contributed by atoms with Gasteiger partial charge in [-0.2, -0.15) is 5.10 Å². The van der Waals surface area contributed by atoms with E-state index in [0.717, 1.165) is 60.1 Å². The van der Waals surface area contributed by atoms with E-state index in [2.05, 4.69) is 55.0 Å². The smallest absolute Gasteiger partial charge is 0.179 e. The second-order valence-electron chi connectivity index (χ2n) is 9.39. The van der Waals surface area contributed by atoms with E-state index in [1.807, 2.05) is 11.6 Å². The number of benzene rings is 2. The first-order valence-corrected chi connectivity index (χ1v) is 11.9. The van der Waals surface area contributed by atoms with Gasteiger partial charge in [-0.05, 0) is 66.8 Å². The molecule has 0 amide bonds. The monoisotopic (exact) mass is 470 g/mol. The standard InChI is InChI=1S/C27H27FN6O/c1-18(16-35)29-12-19-8-9-32(13-19)24-6-7-25-22(10-24)15-33-14-21(20-2-4-23(28)5-3-20)11-26(33)27-30-17-31-34(25)27/h2-7,10-11,14,17,19,35H,8-9,12-13,15-16H2,1H3/b29-18-/t19-/m1/s1. The molecule has 2 aromatic heterocycles. The summed E-state index contributed by atoms with van der Waals surface area (Å²) in [5.74, 6) is 1.05. The van der Waals surface area contributed by atoms with E-state index < -0.39 is 0 Å². The summed E-state index contributed by atoms with van der Waals surface area (Å²) in [5, 5.41) is 13.7. The van der Waals surface area contributed by atoms with Gasteiger partial charge in [0.1, 0.15) is 12.1 Å². The highest BCUT2D eigenvalue weighted by Crippen LogP contribution is 2.35. The Kier molecular flexibility index (Phi) is 5.45. The molecule has 2 aliphatic heterocycles. The molecule has 0 unspecified atom stereocenters. The van der Waals surface area contributed by atoms with Crippen molar-refractivity contribution in [2.45, 2.75) is 19.9 Å². The fourth-order valence-electron chi connectivity index (χ4n) is 5.06. The molecule has 2 aliphatic rings. The molecule has 0 saturated carbocycles. The van der Waals surface area contributed by atoms with Gasteiger partial charge in [0.15, 0.2) is 5.82 Å². The van der Waals surface area contributed by atoms with Crippen molar-refractivity contribution in [3.8, 4) is 28.3 Å². The van der Waals surface area contributed by atoms with Crippen molar-refractivity contribution < 1.29 is 9.50 Å². The lowest BCUT2D eigenvalue weighted by molar-refractivity contribution is 0.356. The first-order chi connectivity index (χ1) is 17.1. The first kappa shape index (κ1) is 21.7. The van der Waals surface area contributed by atoms with Gasteiger partial charge in [-0.15, -0.1) is 0 Å². The van der Waals surface area contributed by atoms with Crippen molar-refractivity contribution in [3.05, 3.63) is 72.4 Å². The summed E-state index contributed by atoms with van der Waals surface area (Å²) in [6.07, 6.45) is 4.79. The van der Waals surface area contributed by atoms with Crippen LogP contribution in [-0.4, -0.2) is 56.4 Å². The normalized spacial score (nSPS) is 17.2. The topological polar surface area (TPSA) is 71.5 Å². The van der Waals surface area contributed by atoms with Crippen molar-refractivity contribution in [2.75, 3.05) is 31.1 Å². The fourth-order valence-corrected chi connectivity index (χ4v) is 5.06. The Hall–Kier alpha value is -3.78. The quantitative estimate of drug-likeness (QED) is 0.391. The van der Waals surface area contributed by atoms with E-state index in [4.69, 9.17) is 0 Å². The maximum absolute atomic E-state index is 13.4. The predicted octanol–water partition coefficient (Wildman–Crippen LogP) is 4.18. The van der Waals surface area contributed by atoms with Crippen molar-refractivity contribution >= 4 is 11.4 Å². The molecule has 8 heteroatoms. The molecule has 1 saturated heterocycles. The summed E-state index contributed by atoms with van der Waals surface area (Å²) in [5.41, 5.74) is 7.17. The molecular formula is C27H27FN6O. The molecule has 0 aliphatic carbocycles. The average Bonchev–Trinajstić information content (AvgIpc) is 3.62. The van der Waals surface area contributed by atoms with Crippen molar-refractivity contribution in [3.63, 3.8) is 0 Å². The molecule has 4 heterocycles. The molecule has 1 N–H and O–H groups in total. The third-order valence-electron chi connectivity index (χ3n) is 6.98. The average molecular weight is 471 g/mol. The van der Waals surface area contributed by atoms with Gasteiger partial charge in [0, 0.05) is 49.3 Å². The molecule has 4 aromatic rings. The molecule has 1 fully saturated rings. The molecular weight excluding hydrogens is 443 g/mol. The SMILES string of the molecule is C/C(CO)=N/C[C@H]1CCN(c2ccc3c(c2)Cn2cc(-c4ccc(F)cc4)cc2-c2ncnn2-3)C1. The lowest BCUT2D eigenvalue weighted by Crippen LogP contribution is -2.21. The van der Waals surface area contributed by atoms with Crippen LogP contribution in [-0.2, 0) is 6.54 Å². The van der Waals surface area contributed by atoms with Gasteiger partial charge in [0.25, 0.3) is 0 Å². The van der Waals surface area contributed by atoms with Gasteiger partial charge in [-0.3, -0.25) is 4.99 Å². The van der Waals surface area contributed by atoms with Gasteiger partial charge in [0.05, 0.1) is 18.0 Å². The van der Waals surface area contributed by atoms with E-state index in [1.165, 1.54) is 23.4 Å². The van der Waals surface area contributed by atoms with Gasteiger partial charge >= 0.3 is 0 Å². The number of aromatic nitrogens is 4. The minimum Gasteiger partial charge on any atom is -0.390 e. The summed E-state index contributed by atoms with van der Waals surface area (Å²) in [4.78, 5) is 11.5. The van der Waals surface area contributed by atoms with Crippen LogP contribution in [0.25, 0.3) is 28.3 Å². The van der Waals surface area contributed by atoms with Crippen LogP contribution in [0.5, 0.6) is 0 Å². The number of anilines is 1. The second kappa shape index (κ2) is 8.78. The van der Waals surface area contributed by atoms with Crippen LogP contribution in [0, 0.1) is 11.7 Å². The van der Waals surface area contributed by atoms with Crippen molar-refractivity contribution in [1.82, 2.24) is 19.3 Å². The van der Waals surface area contributed by atoms with Crippen LogP contribution in [0.15, 0.2) is 66.0 Å². The van der Waals surface area contributed by atoms with E-state index in [1.54, 1.807) is 18.5 Å². The number of hydrogen-bond acceptors (Lipinski definition) is 5. The lowest BCUT2D eigenvalue weighted by Gasteiger charge is -2.20. The predicted molar refractivity (Wildman–Crippen MR) is 135 cm³/mol. The van der Waals surface area contributed by atoms with Crippen LogP contribution < -0.4 is 4.90 Å². The summed E-state index contributed by atoms with van der Waals surface area (Å²) < 4.78 is 17.6. The van der Waals surface area contributed by atoms with Crippen LogP contribution in [0.4, 0.5) is 10.1 Å². The number of aliphatic hydroxyl groups excluding tert-OH is 1. The van der Waals surface area contributed by atoms with Crippen LogP contribution in [0.1, 0.15) is 18.9 Å². The van der Waals surface area contributed by atoms with Crippen molar-refractivity contribution in [1.29, 1.82) is 0 Å². The molecule has 0 radical (unpaired) electrons. The zero-order valence-electron chi connectivity index (χ0n) is 19.6. The highest BCUT2D eigenvalue weighted by Gasteiger charge is 2.26. The second-order valence-corrected chi connectivity index (χ2v) is 9.39. The number of nitrogens with zero attached hydrogens (tertiary/aromatic N) is 6. The zero-order valence-corrected chi connectivity index (χ0v) is 19.6. The van der Waals surface area contributed by atoms with Gasteiger partial charge in [0.2, 0.25) is 0 Å². The van der Waals surface area contributed by atoms with Crippen molar-refractivity contribution in [2.24, 2.45) is 10.9 Å². The number of rotatable bonds is 5. The maximum atomic E-state index is 13.4. The molecule has 0 bridgehead atoms. The number of aliphatic imine (C=N–C) groups is 1. The van der Waals surface area contributed by atoms with E-state index >= 15 is 0 Å². The highest BCUT2D eigenvalue weighted by molar-refractivity contribution is 5.82. The first-order valence-electron chi connectivity index (χ1n) is 11.9. The molecule has 1 atom stereocenters. The number of halogens is 1. The molecule has 6 rings (SSSR count).